The SMILES string of the molecule is Cc1ccc(C(O)CNCc2cnc3cnccn23)cc1. The van der Waals surface area contributed by atoms with Crippen LogP contribution in [-0.4, -0.2) is 26.0 Å². The Labute approximate surface area is 123 Å². The number of aryl methyl sites for hydroxylation is 1. The Morgan fingerprint density at radius 2 is 2.05 bits per heavy atom. The maximum absolute atomic E-state index is 10.2. The largest absolute Gasteiger partial charge is 0.387 e. The third-order valence-corrected chi connectivity index (χ3v) is 3.50. The van der Waals surface area contributed by atoms with Crippen molar-refractivity contribution in [3.05, 3.63) is 65.9 Å². The fourth-order valence-corrected chi connectivity index (χ4v) is 2.27. The fraction of sp³-hybridized carbons (Fsp3) is 0.250. The lowest BCUT2D eigenvalue weighted by Gasteiger charge is -2.12. The molecule has 3 rings (SSSR count). The topological polar surface area (TPSA) is 62.5 Å². The monoisotopic (exact) mass is 282 g/mol. The average Bonchev–Trinajstić information content (AvgIpc) is 2.91. The van der Waals surface area contributed by atoms with E-state index in [4.69, 9.17) is 0 Å². The molecular weight excluding hydrogens is 264 g/mol. The Bertz CT molecular complexity index is 720. The molecule has 3 aromatic rings. The normalized spacial score (nSPS) is 12.7. The number of aliphatic hydroxyl groups is 1. The Hall–Kier alpha value is -2.24. The molecule has 0 radical (unpaired) electrons. The van der Waals surface area contributed by atoms with E-state index < -0.39 is 6.10 Å². The van der Waals surface area contributed by atoms with Gasteiger partial charge in [-0.2, -0.15) is 0 Å². The third kappa shape index (κ3) is 3.09. The van der Waals surface area contributed by atoms with Crippen molar-refractivity contribution in [3.8, 4) is 0 Å². The smallest absolute Gasteiger partial charge is 0.155 e. The van der Waals surface area contributed by atoms with Gasteiger partial charge in [0.2, 0.25) is 0 Å². The minimum Gasteiger partial charge on any atom is -0.387 e. The quantitative estimate of drug-likeness (QED) is 0.750. The van der Waals surface area contributed by atoms with E-state index in [2.05, 4.69) is 15.3 Å². The molecule has 108 valence electrons. The van der Waals surface area contributed by atoms with Crippen molar-refractivity contribution < 1.29 is 5.11 Å². The Morgan fingerprint density at radius 1 is 1.24 bits per heavy atom. The molecule has 5 heteroatoms. The molecule has 5 nitrogen and oxygen atoms in total. The maximum Gasteiger partial charge on any atom is 0.155 e. The third-order valence-electron chi connectivity index (χ3n) is 3.50. The van der Waals surface area contributed by atoms with Crippen molar-refractivity contribution in [2.75, 3.05) is 6.54 Å². The van der Waals surface area contributed by atoms with E-state index >= 15 is 0 Å². The van der Waals surface area contributed by atoms with Crippen LogP contribution in [0.15, 0.2) is 49.1 Å². The van der Waals surface area contributed by atoms with E-state index in [-0.39, 0.29) is 0 Å². The molecule has 21 heavy (non-hydrogen) atoms. The van der Waals surface area contributed by atoms with E-state index in [0.717, 1.165) is 16.9 Å². The van der Waals surface area contributed by atoms with Gasteiger partial charge in [-0.15, -0.1) is 0 Å². The molecule has 1 unspecified atom stereocenters. The molecule has 0 spiro atoms. The molecule has 2 heterocycles. The molecule has 0 fully saturated rings. The summed E-state index contributed by atoms with van der Waals surface area (Å²) in [6.45, 7) is 3.18. The van der Waals surface area contributed by atoms with Crippen LogP contribution in [0.2, 0.25) is 0 Å². The van der Waals surface area contributed by atoms with Gasteiger partial charge >= 0.3 is 0 Å². The van der Waals surface area contributed by atoms with Crippen LogP contribution >= 0.6 is 0 Å². The van der Waals surface area contributed by atoms with Crippen LogP contribution in [-0.2, 0) is 6.54 Å². The molecule has 0 aliphatic heterocycles. The fourth-order valence-electron chi connectivity index (χ4n) is 2.27. The number of aromatic nitrogens is 3. The van der Waals surface area contributed by atoms with Crippen LogP contribution in [0, 0.1) is 6.92 Å². The van der Waals surface area contributed by atoms with Crippen LogP contribution in [0.4, 0.5) is 0 Å². The van der Waals surface area contributed by atoms with Gasteiger partial charge in [0.05, 0.1) is 24.2 Å². The summed E-state index contributed by atoms with van der Waals surface area (Å²) in [6, 6.07) is 7.94. The standard InChI is InChI=1S/C16H18N4O/c1-12-2-4-13(5-3-12)15(21)10-18-8-14-9-19-16-11-17-6-7-20(14)16/h2-7,9,11,15,18,21H,8,10H2,1H3. The number of imidazole rings is 1. The number of hydrogen-bond acceptors (Lipinski definition) is 4. The molecule has 1 atom stereocenters. The summed E-state index contributed by atoms with van der Waals surface area (Å²) in [5.41, 5.74) is 3.99. The highest BCUT2D eigenvalue weighted by Gasteiger charge is 2.08. The minimum absolute atomic E-state index is 0.501. The first-order chi connectivity index (χ1) is 10.2. The van der Waals surface area contributed by atoms with E-state index in [0.29, 0.717) is 13.1 Å². The number of hydrogen-bond donors (Lipinski definition) is 2. The van der Waals surface area contributed by atoms with Crippen molar-refractivity contribution in [2.24, 2.45) is 0 Å². The molecule has 0 saturated carbocycles. The summed E-state index contributed by atoms with van der Waals surface area (Å²) in [5.74, 6) is 0. The van der Waals surface area contributed by atoms with Gasteiger partial charge in [-0.3, -0.25) is 9.38 Å². The van der Waals surface area contributed by atoms with Crippen molar-refractivity contribution in [2.45, 2.75) is 19.6 Å². The summed E-state index contributed by atoms with van der Waals surface area (Å²) < 4.78 is 1.98. The lowest BCUT2D eigenvalue weighted by Crippen LogP contribution is -2.21. The predicted molar refractivity (Wildman–Crippen MR) is 80.8 cm³/mol. The molecule has 1 aromatic carbocycles. The van der Waals surface area contributed by atoms with Gasteiger partial charge in [-0.25, -0.2) is 4.98 Å². The summed E-state index contributed by atoms with van der Waals surface area (Å²) in [5, 5.41) is 13.4. The Morgan fingerprint density at radius 3 is 2.86 bits per heavy atom. The zero-order chi connectivity index (χ0) is 14.7. The number of rotatable bonds is 5. The predicted octanol–water partition coefficient (Wildman–Crippen LogP) is 1.86. The van der Waals surface area contributed by atoms with Gasteiger partial charge in [0.15, 0.2) is 5.65 Å². The van der Waals surface area contributed by atoms with Crippen molar-refractivity contribution in [3.63, 3.8) is 0 Å². The summed E-state index contributed by atoms with van der Waals surface area (Å²) in [7, 11) is 0. The molecule has 0 bridgehead atoms. The summed E-state index contributed by atoms with van der Waals surface area (Å²) >= 11 is 0. The van der Waals surface area contributed by atoms with Gasteiger partial charge < -0.3 is 10.4 Å². The molecule has 2 aromatic heterocycles. The van der Waals surface area contributed by atoms with Gasteiger partial charge in [0.1, 0.15) is 0 Å². The Balaban J connectivity index is 1.59. The lowest BCUT2D eigenvalue weighted by atomic mass is 10.1. The second kappa shape index (κ2) is 6.03. The van der Waals surface area contributed by atoms with Crippen LogP contribution < -0.4 is 5.32 Å². The molecule has 0 amide bonds. The molecule has 0 saturated heterocycles. The lowest BCUT2D eigenvalue weighted by molar-refractivity contribution is 0.174. The van der Waals surface area contributed by atoms with Crippen molar-refractivity contribution >= 4 is 5.65 Å². The highest BCUT2D eigenvalue weighted by Crippen LogP contribution is 2.13. The highest BCUT2D eigenvalue weighted by molar-refractivity contribution is 5.36. The van der Waals surface area contributed by atoms with E-state index in [9.17, 15) is 5.11 Å². The van der Waals surface area contributed by atoms with Crippen molar-refractivity contribution in [1.29, 1.82) is 0 Å². The first-order valence-corrected chi connectivity index (χ1v) is 6.95. The van der Waals surface area contributed by atoms with Gasteiger partial charge in [-0.05, 0) is 12.5 Å². The second-order valence-electron chi connectivity index (χ2n) is 5.11. The van der Waals surface area contributed by atoms with Crippen LogP contribution in [0.3, 0.4) is 0 Å². The van der Waals surface area contributed by atoms with Crippen LogP contribution in [0.25, 0.3) is 5.65 Å². The average molecular weight is 282 g/mol. The zero-order valence-corrected chi connectivity index (χ0v) is 11.9. The van der Waals surface area contributed by atoms with E-state index in [1.807, 2.05) is 48.0 Å². The second-order valence-corrected chi connectivity index (χ2v) is 5.11. The van der Waals surface area contributed by atoms with E-state index in [1.165, 1.54) is 5.56 Å². The number of nitrogens with one attached hydrogen (secondary N) is 1. The molecular formula is C16H18N4O. The first-order valence-electron chi connectivity index (χ1n) is 6.95. The molecule has 0 aliphatic rings. The van der Waals surface area contributed by atoms with Gasteiger partial charge in [0.25, 0.3) is 0 Å². The van der Waals surface area contributed by atoms with Gasteiger partial charge in [-0.1, -0.05) is 29.8 Å². The van der Waals surface area contributed by atoms with Crippen LogP contribution in [0.5, 0.6) is 0 Å². The first kappa shape index (κ1) is 13.7. The highest BCUT2D eigenvalue weighted by atomic mass is 16.3. The van der Waals surface area contributed by atoms with Gasteiger partial charge in [0, 0.05) is 25.5 Å². The summed E-state index contributed by atoms with van der Waals surface area (Å²) in [6.07, 6.45) is 6.66. The minimum atomic E-state index is -0.508. The van der Waals surface area contributed by atoms with Crippen LogP contribution in [0.1, 0.15) is 22.9 Å². The van der Waals surface area contributed by atoms with E-state index in [1.54, 1.807) is 12.4 Å². The molecule has 2 N–H and O–H groups in total. The van der Waals surface area contributed by atoms with Crippen molar-refractivity contribution in [1.82, 2.24) is 19.7 Å². The number of aliphatic hydroxyl groups excluding tert-OH is 1. The zero-order valence-electron chi connectivity index (χ0n) is 11.9. The molecule has 0 aliphatic carbocycles. The number of benzene rings is 1. The maximum atomic E-state index is 10.2. The Kier molecular flexibility index (Phi) is 3.94. The number of fused-ring (bicyclic) bond motifs is 1. The number of nitrogens with zero attached hydrogens (tertiary/aromatic N) is 3. The summed E-state index contributed by atoms with van der Waals surface area (Å²) in [4.78, 5) is 8.32.